The van der Waals surface area contributed by atoms with Crippen LogP contribution in [0.2, 0.25) is 0 Å². The van der Waals surface area contributed by atoms with Gasteiger partial charge in [-0.2, -0.15) is 0 Å². The lowest BCUT2D eigenvalue weighted by Crippen LogP contribution is -2.38. The molecule has 2 heterocycles. The lowest BCUT2D eigenvalue weighted by molar-refractivity contribution is 0.402. The number of hydrogen-bond donors (Lipinski definition) is 1. The van der Waals surface area contributed by atoms with E-state index in [-0.39, 0.29) is 0 Å². The van der Waals surface area contributed by atoms with Crippen molar-refractivity contribution >= 4 is 21.8 Å². The van der Waals surface area contributed by atoms with E-state index in [0.29, 0.717) is 12.5 Å². The maximum absolute atomic E-state index is 12.1. The van der Waals surface area contributed by atoms with E-state index in [4.69, 9.17) is 0 Å². The fraction of sp³-hybridized carbons (Fsp3) is 0.316. The molecule has 1 aromatic carbocycles. The molecular formula is C19H23N3O2S. The predicted octanol–water partition coefficient (Wildman–Crippen LogP) is 2.89. The van der Waals surface area contributed by atoms with Gasteiger partial charge in [-0.1, -0.05) is 30.3 Å². The highest BCUT2D eigenvalue weighted by Crippen LogP contribution is 2.22. The van der Waals surface area contributed by atoms with Crippen LogP contribution in [0.4, 0.5) is 5.69 Å². The average Bonchev–Trinajstić information content (AvgIpc) is 2.67. The summed E-state index contributed by atoms with van der Waals surface area (Å²) in [4.78, 5) is 6.45. The predicted molar refractivity (Wildman–Crippen MR) is 102 cm³/mol. The van der Waals surface area contributed by atoms with E-state index in [1.54, 1.807) is 12.3 Å². The van der Waals surface area contributed by atoms with Crippen LogP contribution in [0, 0.1) is 5.92 Å². The van der Waals surface area contributed by atoms with Gasteiger partial charge in [0.1, 0.15) is 0 Å². The topological polar surface area (TPSA) is 62.3 Å². The van der Waals surface area contributed by atoms with E-state index in [1.165, 1.54) is 5.41 Å². The van der Waals surface area contributed by atoms with Crippen molar-refractivity contribution in [2.75, 3.05) is 24.5 Å². The maximum Gasteiger partial charge on any atom is 0.233 e. The van der Waals surface area contributed by atoms with Crippen molar-refractivity contribution in [3.05, 3.63) is 65.8 Å². The summed E-state index contributed by atoms with van der Waals surface area (Å²) in [6, 6.07) is 13.4. The second-order valence-electron chi connectivity index (χ2n) is 6.25. The first-order valence-corrected chi connectivity index (χ1v) is 10.0. The molecule has 0 spiro atoms. The highest BCUT2D eigenvalue weighted by Gasteiger charge is 2.20. The Morgan fingerprint density at radius 2 is 1.88 bits per heavy atom. The van der Waals surface area contributed by atoms with Gasteiger partial charge in [0.15, 0.2) is 0 Å². The monoisotopic (exact) mass is 357 g/mol. The molecule has 0 saturated carbocycles. The number of nitrogens with one attached hydrogen (secondary N) is 1. The van der Waals surface area contributed by atoms with E-state index >= 15 is 0 Å². The second kappa shape index (κ2) is 8.27. The number of pyridine rings is 1. The smallest absolute Gasteiger partial charge is 0.233 e. The summed E-state index contributed by atoms with van der Waals surface area (Å²) in [5.74, 6) is 0.368. The van der Waals surface area contributed by atoms with Crippen LogP contribution in [0.3, 0.4) is 0 Å². The molecule has 0 aliphatic carbocycles. The van der Waals surface area contributed by atoms with Crippen molar-refractivity contribution in [2.45, 2.75) is 12.8 Å². The van der Waals surface area contributed by atoms with E-state index < -0.39 is 10.0 Å². The molecular weight excluding hydrogens is 334 g/mol. The van der Waals surface area contributed by atoms with Crippen LogP contribution in [-0.2, 0) is 10.0 Å². The number of sulfonamides is 1. The van der Waals surface area contributed by atoms with Crippen LogP contribution in [0.1, 0.15) is 18.4 Å². The molecule has 3 rings (SSSR count). The minimum Gasteiger partial charge on any atom is -0.370 e. The largest absolute Gasteiger partial charge is 0.370 e. The Bertz CT molecular complexity index is 784. The molecule has 2 aromatic rings. The third-order valence-corrected chi connectivity index (χ3v) is 5.50. The number of nitrogens with zero attached hydrogens (tertiary/aromatic N) is 2. The van der Waals surface area contributed by atoms with Crippen molar-refractivity contribution in [3.8, 4) is 0 Å². The van der Waals surface area contributed by atoms with Crippen molar-refractivity contribution < 1.29 is 8.42 Å². The molecule has 132 valence electrons. The summed E-state index contributed by atoms with van der Waals surface area (Å²) in [5.41, 5.74) is 2.00. The number of piperidine rings is 1. The van der Waals surface area contributed by atoms with Crippen LogP contribution in [-0.4, -0.2) is 33.0 Å². The minimum atomic E-state index is -3.40. The molecule has 1 aromatic heterocycles. The Hall–Kier alpha value is -2.18. The fourth-order valence-corrected chi connectivity index (χ4v) is 3.85. The van der Waals surface area contributed by atoms with Gasteiger partial charge < -0.3 is 4.90 Å². The number of aromatic nitrogens is 1. The normalized spacial score (nSPS) is 16.4. The number of anilines is 1. The summed E-state index contributed by atoms with van der Waals surface area (Å²) in [6.45, 7) is 2.35. The SMILES string of the molecule is O=S(=O)(/C=C/c1ccccc1)NCC1CCN(c2cccnc2)CC1. The lowest BCUT2D eigenvalue weighted by Gasteiger charge is -2.33. The molecule has 1 N–H and O–H groups in total. The summed E-state index contributed by atoms with van der Waals surface area (Å²) < 4.78 is 26.9. The van der Waals surface area contributed by atoms with Gasteiger partial charge in [-0.25, -0.2) is 13.1 Å². The van der Waals surface area contributed by atoms with Crippen LogP contribution in [0.5, 0.6) is 0 Å². The Morgan fingerprint density at radius 3 is 2.56 bits per heavy atom. The van der Waals surface area contributed by atoms with Crippen LogP contribution < -0.4 is 9.62 Å². The summed E-state index contributed by atoms with van der Waals surface area (Å²) in [6.07, 6.45) is 7.21. The van der Waals surface area contributed by atoms with Crippen molar-refractivity contribution in [1.82, 2.24) is 9.71 Å². The highest BCUT2D eigenvalue weighted by atomic mass is 32.2. The quantitative estimate of drug-likeness (QED) is 0.863. The number of benzene rings is 1. The average molecular weight is 357 g/mol. The molecule has 0 atom stereocenters. The first-order chi connectivity index (χ1) is 12.1. The first-order valence-electron chi connectivity index (χ1n) is 8.50. The molecule has 5 nitrogen and oxygen atoms in total. The molecule has 0 amide bonds. The van der Waals surface area contributed by atoms with Crippen LogP contribution >= 0.6 is 0 Å². The maximum atomic E-state index is 12.1. The third kappa shape index (κ3) is 5.41. The molecule has 0 unspecified atom stereocenters. The van der Waals surface area contributed by atoms with Gasteiger partial charge in [0, 0.05) is 31.2 Å². The van der Waals surface area contributed by atoms with Gasteiger partial charge in [-0.3, -0.25) is 4.98 Å². The van der Waals surface area contributed by atoms with Gasteiger partial charge in [0.2, 0.25) is 10.0 Å². The van der Waals surface area contributed by atoms with E-state index in [0.717, 1.165) is 37.2 Å². The van der Waals surface area contributed by atoms with Gasteiger partial charge in [-0.15, -0.1) is 0 Å². The zero-order valence-electron chi connectivity index (χ0n) is 14.1. The zero-order chi connectivity index (χ0) is 17.5. The summed E-state index contributed by atoms with van der Waals surface area (Å²) >= 11 is 0. The molecule has 25 heavy (non-hydrogen) atoms. The zero-order valence-corrected chi connectivity index (χ0v) is 14.9. The fourth-order valence-electron chi connectivity index (χ4n) is 2.95. The first kappa shape index (κ1) is 17.6. The summed E-state index contributed by atoms with van der Waals surface area (Å²) in [5, 5.41) is 1.24. The molecule has 0 bridgehead atoms. The Balaban J connectivity index is 1.47. The van der Waals surface area contributed by atoms with E-state index in [2.05, 4.69) is 20.7 Å². The van der Waals surface area contributed by atoms with Crippen molar-refractivity contribution in [3.63, 3.8) is 0 Å². The van der Waals surface area contributed by atoms with Crippen LogP contribution in [0.25, 0.3) is 6.08 Å². The molecule has 1 aliphatic heterocycles. The Kier molecular flexibility index (Phi) is 5.83. The van der Waals surface area contributed by atoms with Gasteiger partial charge in [0.25, 0.3) is 0 Å². The molecule has 1 aliphatic rings. The highest BCUT2D eigenvalue weighted by molar-refractivity contribution is 7.92. The molecule has 6 heteroatoms. The summed E-state index contributed by atoms with van der Waals surface area (Å²) in [7, 11) is -3.40. The molecule has 1 fully saturated rings. The number of rotatable bonds is 6. The molecule has 1 saturated heterocycles. The lowest BCUT2D eigenvalue weighted by atomic mass is 9.97. The van der Waals surface area contributed by atoms with Gasteiger partial charge in [0.05, 0.1) is 11.9 Å². The van der Waals surface area contributed by atoms with Crippen molar-refractivity contribution in [2.24, 2.45) is 5.92 Å². The Morgan fingerprint density at radius 1 is 1.12 bits per heavy atom. The standard InChI is InChI=1S/C19H23N3O2S/c23-25(24,14-10-17-5-2-1-3-6-17)21-15-18-8-12-22(13-9-18)19-7-4-11-20-16-19/h1-7,10-11,14,16,18,21H,8-9,12-13,15H2/b14-10+. The molecule has 0 radical (unpaired) electrons. The van der Waals surface area contributed by atoms with Crippen LogP contribution in [0.15, 0.2) is 60.3 Å². The Labute approximate surface area is 149 Å². The third-order valence-electron chi connectivity index (χ3n) is 4.44. The van der Waals surface area contributed by atoms with E-state index in [9.17, 15) is 8.42 Å². The minimum absolute atomic E-state index is 0.368. The second-order valence-corrected chi connectivity index (χ2v) is 7.90. The van der Waals surface area contributed by atoms with Gasteiger partial charge in [-0.05, 0) is 42.5 Å². The number of hydrogen-bond acceptors (Lipinski definition) is 4. The van der Waals surface area contributed by atoms with E-state index in [1.807, 2.05) is 42.6 Å². The van der Waals surface area contributed by atoms with Crippen molar-refractivity contribution in [1.29, 1.82) is 0 Å². The van der Waals surface area contributed by atoms with Gasteiger partial charge >= 0.3 is 0 Å².